The average molecular weight is 375 g/mol. The molecule has 5 rings (SSSR count). The predicted molar refractivity (Wildman–Crippen MR) is 108 cm³/mol. The highest BCUT2D eigenvalue weighted by Gasteiger charge is 2.51. The Morgan fingerprint density at radius 1 is 1.08 bits per heavy atom. The fourth-order valence-electron chi connectivity index (χ4n) is 5.92. The van der Waals surface area contributed by atoms with Gasteiger partial charge in [0.25, 0.3) is 0 Å². The third kappa shape index (κ3) is 3.64. The van der Waals surface area contributed by atoms with Gasteiger partial charge in [-0.2, -0.15) is 0 Å². The van der Waals surface area contributed by atoms with Gasteiger partial charge in [0, 0.05) is 18.2 Å². The standard InChI is InChI=1S/C21H30N2O2S/c1-24-18-4-3-17(19(10-18)25-2)5-6-22-20(26)23-21-11-14-7-15(12-21)9-16(8-14)13-21/h3-4,10,14-16H,5-9,11-13H2,1-2H3,(H2,22,23,26). The van der Waals surface area contributed by atoms with Crippen molar-refractivity contribution >= 4 is 17.3 Å². The van der Waals surface area contributed by atoms with Crippen LogP contribution in [-0.4, -0.2) is 31.4 Å². The molecule has 0 unspecified atom stereocenters. The first-order chi connectivity index (χ1) is 12.6. The summed E-state index contributed by atoms with van der Waals surface area (Å²) in [5.74, 6) is 4.48. The van der Waals surface area contributed by atoms with Crippen molar-refractivity contribution in [2.75, 3.05) is 20.8 Å². The van der Waals surface area contributed by atoms with Gasteiger partial charge in [-0.05, 0) is 86.5 Å². The van der Waals surface area contributed by atoms with Crippen LogP contribution in [0.25, 0.3) is 0 Å². The molecule has 4 aliphatic rings. The van der Waals surface area contributed by atoms with Gasteiger partial charge in [0.15, 0.2) is 5.11 Å². The molecule has 4 aliphatic carbocycles. The van der Waals surface area contributed by atoms with E-state index < -0.39 is 0 Å². The van der Waals surface area contributed by atoms with E-state index in [1.54, 1.807) is 14.2 Å². The lowest BCUT2D eigenvalue weighted by Crippen LogP contribution is -2.61. The van der Waals surface area contributed by atoms with Crippen LogP contribution in [0, 0.1) is 17.8 Å². The van der Waals surface area contributed by atoms with Gasteiger partial charge in [-0.15, -0.1) is 0 Å². The van der Waals surface area contributed by atoms with Crippen LogP contribution >= 0.6 is 12.2 Å². The lowest BCUT2D eigenvalue weighted by atomic mass is 9.53. The molecule has 0 aromatic heterocycles. The molecule has 0 atom stereocenters. The Morgan fingerprint density at radius 3 is 2.31 bits per heavy atom. The van der Waals surface area contributed by atoms with E-state index in [-0.39, 0.29) is 5.54 Å². The molecule has 4 nitrogen and oxygen atoms in total. The molecule has 0 aliphatic heterocycles. The predicted octanol–water partition coefficient (Wildman–Crippen LogP) is 3.68. The molecule has 26 heavy (non-hydrogen) atoms. The van der Waals surface area contributed by atoms with E-state index >= 15 is 0 Å². The second kappa shape index (κ2) is 7.26. The molecule has 4 bridgehead atoms. The maximum absolute atomic E-state index is 5.63. The van der Waals surface area contributed by atoms with E-state index in [2.05, 4.69) is 16.7 Å². The highest BCUT2D eigenvalue weighted by molar-refractivity contribution is 7.80. The van der Waals surface area contributed by atoms with Crippen LogP contribution in [0.5, 0.6) is 11.5 Å². The van der Waals surface area contributed by atoms with Gasteiger partial charge in [0.2, 0.25) is 0 Å². The molecule has 4 saturated carbocycles. The van der Waals surface area contributed by atoms with E-state index in [1.165, 1.54) is 44.1 Å². The smallest absolute Gasteiger partial charge is 0.166 e. The number of hydrogen-bond donors (Lipinski definition) is 2. The van der Waals surface area contributed by atoms with Crippen LogP contribution in [-0.2, 0) is 6.42 Å². The first-order valence-corrected chi connectivity index (χ1v) is 10.3. The highest BCUT2D eigenvalue weighted by Crippen LogP contribution is 2.55. The van der Waals surface area contributed by atoms with Crippen LogP contribution in [0.1, 0.15) is 44.1 Å². The molecule has 1 aromatic carbocycles. The first-order valence-electron chi connectivity index (χ1n) is 9.86. The molecule has 1 aromatic rings. The van der Waals surface area contributed by atoms with E-state index in [0.717, 1.165) is 47.3 Å². The monoisotopic (exact) mass is 374 g/mol. The summed E-state index contributed by atoms with van der Waals surface area (Å²) in [4.78, 5) is 0. The van der Waals surface area contributed by atoms with Crippen LogP contribution in [0.4, 0.5) is 0 Å². The largest absolute Gasteiger partial charge is 0.497 e. The van der Waals surface area contributed by atoms with Crippen LogP contribution in [0.15, 0.2) is 18.2 Å². The van der Waals surface area contributed by atoms with E-state index in [9.17, 15) is 0 Å². The summed E-state index contributed by atoms with van der Waals surface area (Å²) < 4.78 is 10.7. The van der Waals surface area contributed by atoms with Crippen molar-refractivity contribution in [3.63, 3.8) is 0 Å². The zero-order valence-electron chi connectivity index (χ0n) is 15.8. The molecule has 5 heteroatoms. The quantitative estimate of drug-likeness (QED) is 0.744. The van der Waals surface area contributed by atoms with Gasteiger partial charge in [-0.1, -0.05) is 6.07 Å². The minimum absolute atomic E-state index is 0.274. The fraction of sp³-hybridized carbons (Fsp3) is 0.667. The third-order valence-electron chi connectivity index (χ3n) is 6.59. The minimum Gasteiger partial charge on any atom is -0.497 e. The highest BCUT2D eigenvalue weighted by atomic mass is 32.1. The van der Waals surface area contributed by atoms with Gasteiger partial charge >= 0.3 is 0 Å². The molecule has 4 fully saturated rings. The maximum Gasteiger partial charge on any atom is 0.166 e. The Labute approximate surface area is 162 Å². The molecule has 0 heterocycles. The summed E-state index contributed by atoms with van der Waals surface area (Å²) in [6, 6.07) is 5.97. The van der Waals surface area contributed by atoms with E-state index in [1.807, 2.05) is 12.1 Å². The number of benzene rings is 1. The number of hydrogen-bond acceptors (Lipinski definition) is 3. The summed E-state index contributed by atoms with van der Waals surface area (Å²) in [7, 11) is 3.37. The van der Waals surface area contributed by atoms with Crippen LogP contribution in [0.3, 0.4) is 0 Å². The van der Waals surface area contributed by atoms with Crippen molar-refractivity contribution in [2.45, 2.75) is 50.5 Å². The second-order valence-electron chi connectivity index (χ2n) is 8.51. The molecular formula is C21H30N2O2S. The summed E-state index contributed by atoms with van der Waals surface area (Å²) in [5, 5.41) is 7.97. The van der Waals surface area contributed by atoms with Crippen molar-refractivity contribution in [1.82, 2.24) is 10.6 Å². The Morgan fingerprint density at radius 2 is 1.73 bits per heavy atom. The summed E-state index contributed by atoms with van der Waals surface area (Å²) in [5.41, 5.74) is 1.44. The number of ether oxygens (including phenoxy) is 2. The van der Waals surface area contributed by atoms with Crippen molar-refractivity contribution in [1.29, 1.82) is 0 Å². The molecular weight excluding hydrogens is 344 g/mol. The summed E-state index contributed by atoms with van der Waals surface area (Å²) in [6.07, 6.45) is 9.18. The zero-order valence-corrected chi connectivity index (χ0v) is 16.7. The van der Waals surface area contributed by atoms with Gasteiger partial charge in [-0.3, -0.25) is 0 Å². The lowest BCUT2D eigenvalue weighted by Gasteiger charge is -2.57. The van der Waals surface area contributed by atoms with Gasteiger partial charge in [0.1, 0.15) is 11.5 Å². The zero-order chi connectivity index (χ0) is 18.1. The number of methoxy groups -OCH3 is 2. The van der Waals surface area contributed by atoms with E-state index in [0.29, 0.717) is 0 Å². The van der Waals surface area contributed by atoms with Gasteiger partial charge in [-0.25, -0.2) is 0 Å². The first kappa shape index (κ1) is 17.9. The van der Waals surface area contributed by atoms with E-state index in [4.69, 9.17) is 21.7 Å². The van der Waals surface area contributed by atoms with Crippen LogP contribution in [0.2, 0.25) is 0 Å². The SMILES string of the molecule is COc1ccc(CCNC(=S)NC23CC4CC(CC(C4)C2)C3)c(OC)c1. The molecule has 2 N–H and O–H groups in total. The number of rotatable bonds is 6. The molecule has 0 amide bonds. The molecule has 0 radical (unpaired) electrons. The summed E-state index contributed by atoms with van der Waals surface area (Å²) in [6.45, 7) is 0.806. The minimum atomic E-state index is 0.274. The second-order valence-corrected chi connectivity index (χ2v) is 8.91. The normalized spacial score (nSPS) is 31.5. The van der Waals surface area contributed by atoms with Gasteiger partial charge in [0.05, 0.1) is 14.2 Å². The van der Waals surface area contributed by atoms with Crippen molar-refractivity contribution < 1.29 is 9.47 Å². The summed E-state index contributed by atoms with van der Waals surface area (Å²) >= 11 is 5.63. The number of nitrogens with one attached hydrogen (secondary N) is 2. The number of thiocarbonyl (C=S) groups is 1. The van der Waals surface area contributed by atoms with Crippen LogP contribution < -0.4 is 20.1 Å². The third-order valence-corrected chi connectivity index (χ3v) is 6.84. The molecule has 0 spiro atoms. The Balaban J connectivity index is 1.30. The average Bonchev–Trinajstić information content (AvgIpc) is 2.60. The molecule has 0 saturated heterocycles. The van der Waals surface area contributed by atoms with Crippen molar-refractivity contribution in [2.24, 2.45) is 17.8 Å². The van der Waals surface area contributed by atoms with Crippen molar-refractivity contribution in [3.8, 4) is 11.5 Å². The Hall–Kier alpha value is -1.49. The lowest BCUT2D eigenvalue weighted by molar-refractivity contribution is -0.0101. The topological polar surface area (TPSA) is 42.5 Å². The molecule has 142 valence electrons. The fourth-order valence-corrected chi connectivity index (χ4v) is 6.24. The maximum atomic E-state index is 5.63. The Kier molecular flexibility index (Phi) is 5.00. The van der Waals surface area contributed by atoms with Gasteiger partial charge < -0.3 is 20.1 Å². The van der Waals surface area contributed by atoms with Crippen molar-refractivity contribution in [3.05, 3.63) is 23.8 Å². The Bertz CT molecular complexity index is 641.